The lowest BCUT2D eigenvalue weighted by Crippen LogP contribution is -2.64. The molecule has 6 aromatic rings. The second-order valence-electron chi connectivity index (χ2n) is 29.1. The molecule has 5 heterocycles. The molecule has 5 atom stereocenters. The Labute approximate surface area is 584 Å². The van der Waals surface area contributed by atoms with Gasteiger partial charge in [-0.1, -0.05) is 88.8 Å². The fourth-order valence-electron chi connectivity index (χ4n) is 16.7. The average Bonchev–Trinajstić information content (AvgIpc) is 0.723. The highest BCUT2D eigenvalue weighted by atomic mass is 32.2. The van der Waals surface area contributed by atoms with Crippen molar-refractivity contribution >= 4 is 101 Å². The zero-order valence-corrected chi connectivity index (χ0v) is 58.7. The number of nitrogens with one attached hydrogen (secondary N) is 4. The molecular formula is C73H86N10O15S2. The standard InChI is InChI=1S/C73H86N10O15S2/c1-44(2)62(79-65(89)49(36-100(94,95)96)32-51(84)14-8-7-11-28-82-60(86)24-25-61(82)87)57(85)31-45(3)64(88)76-50-20-18-47(19-21-50)35-97-69(93)74-27-30-98-73-40-70(5)37-71(6,41-73)39-72(38-70,42-73)43-83-46(4)54(33-75-83)52-22-23-59(78-63(52)67(91)92)81-29-26-48-13-12-15-53(55(48)34-81)66(90)80-68-77-56-16-9-10-17-58(56)99-68/h9-10,12-13,15-25,33,44-45,49,62H,7-8,11,14,26-32,34-43H2,1-6H3,(H,74,93)(H,76,88)(H,79,89)(H,91,92)(H,77,80,90)(H,94,95,96)/t45-,49+,62+,70?,71?,72?,73?/m1/s1. The van der Waals surface area contributed by atoms with Gasteiger partial charge in [-0.2, -0.15) is 13.5 Å². The van der Waals surface area contributed by atoms with Gasteiger partial charge in [-0.15, -0.1) is 0 Å². The van der Waals surface area contributed by atoms with Crippen LogP contribution in [0, 0.1) is 40.9 Å². The summed E-state index contributed by atoms with van der Waals surface area (Å²) in [5.74, 6) is -8.07. The first kappa shape index (κ1) is 72.2. The molecule has 2 unspecified atom stereocenters. The van der Waals surface area contributed by atoms with Crippen molar-refractivity contribution in [1.82, 2.24) is 35.3 Å². The predicted octanol–water partition coefficient (Wildman–Crippen LogP) is 10.1. The van der Waals surface area contributed by atoms with Gasteiger partial charge in [0.1, 0.15) is 18.2 Å². The van der Waals surface area contributed by atoms with Crippen LogP contribution in [0.3, 0.4) is 0 Å². The number of hydrogen-bond donors (Lipinski definition) is 6. The van der Waals surface area contributed by atoms with E-state index < -0.39 is 98.9 Å². The molecule has 4 bridgehead atoms. The molecule has 0 radical (unpaired) electrons. The normalized spacial score (nSPS) is 21.6. The first-order chi connectivity index (χ1) is 47.5. The maximum atomic E-state index is 13.8. The molecule has 25 nitrogen and oxygen atoms in total. The van der Waals surface area contributed by atoms with E-state index >= 15 is 0 Å². The van der Waals surface area contributed by atoms with Gasteiger partial charge in [0.2, 0.25) is 11.8 Å². The SMILES string of the molecule is Cc1c(-c2ccc(N3CCc4cccc(C(=O)Nc5nc6ccccc6s5)c4C3)nc2C(=O)O)cnn1CC12CC3(C)CC(C)(C1)CC(OCCNC(=O)OCc1ccc(NC(=O)[C@H](C)CC(=O)[C@@H](NC(=O)[C@@H](CC(=O)CCCCCN4C(=O)C=CC4=O)CS(=O)(=O)O)C(C)C)cc1)(C3)C2. The van der Waals surface area contributed by atoms with Crippen molar-refractivity contribution in [1.29, 1.82) is 0 Å². The average molecular weight is 1410 g/mol. The number of para-hydroxylation sites is 1. The molecule has 530 valence electrons. The summed E-state index contributed by atoms with van der Waals surface area (Å²) in [6.07, 6.45) is 10.1. The Hall–Kier alpha value is -9.05. The quantitative estimate of drug-likeness (QED) is 0.0134. The van der Waals surface area contributed by atoms with Gasteiger partial charge < -0.3 is 35.4 Å². The van der Waals surface area contributed by atoms with E-state index in [0.29, 0.717) is 84.2 Å². The number of pyridine rings is 1. The van der Waals surface area contributed by atoms with E-state index in [0.717, 1.165) is 70.5 Å². The number of rotatable bonds is 31. The van der Waals surface area contributed by atoms with Crippen LogP contribution in [0.15, 0.2) is 97.2 Å². The molecule has 4 fully saturated rings. The maximum Gasteiger partial charge on any atom is 0.407 e. The number of ketones is 2. The zero-order valence-electron chi connectivity index (χ0n) is 57.1. The third kappa shape index (κ3) is 17.0. The van der Waals surface area contributed by atoms with Gasteiger partial charge in [0.25, 0.3) is 27.8 Å². The summed E-state index contributed by atoms with van der Waals surface area (Å²) in [6.45, 7) is 13.7. The van der Waals surface area contributed by atoms with Gasteiger partial charge in [-0.05, 0) is 146 Å². The summed E-state index contributed by atoms with van der Waals surface area (Å²) < 4.78 is 49.0. The van der Waals surface area contributed by atoms with Crippen molar-refractivity contribution < 1.29 is 70.7 Å². The number of unbranched alkanes of at least 4 members (excludes halogenated alkanes) is 2. The highest BCUT2D eigenvalue weighted by Crippen LogP contribution is 2.72. The van der Waals surface area contributed by atoms with Crippen molar-refractivity contribution in [3.8, 4) is 11.1 Å². The van der Waals surface area contributed by atoms with Crippen molar-refractivity contribution in [2.24, 2.45) is 34.0 Å². The highest BCUT2D eigenvalue weighted by molar-refractivity contribution is 7.85. The number of amides is 6. The van der Waals surface area contributed by atoms with Crippen LogP contribution in [-0.2, 0) is 74.5 Å². The highest BCUT2D eigenvalue weighted by Gasteiger charge is 2.66. The number of imide groups is 1. The summed E-state index contributed by atoms with van der Waals surface area (Å²) >= 11 is 1.41. The molecule has 3 aromatic heterocycles. The molecule has 6 aliphatic rings. The van der Waals surface area contributed by atoms with E-state index in [1.165, 1.54) is 23.5 Å². The number of nitrogens with zero attached hydrogens (tertiary/aromatic N) is 6. The first-order valence-electron chi connectivity index (χ1n) is 34.0. The minimum Gasteiger partial charge on any atom is -0.476 e. The Morgan fingerprint density at radius 2 is 1.52 bits per heavy atom. The van der Waals surface area contributed by atoms with Gasteiger partial charge in [-0.25, -0.2) is 19.6 Å². The van der Waals surface area contributed by atoms with Crippen LogP contribution < -0.4 is 26.2 Å². The molecule has 4 aliphatic carbocycles. The second kappa shape index (κ2) is 29.6. The van der Waals surface area contributed by atoms with Crippen LogP contribution in [0.2, 0.25) is 0 Å². The van der Waals surface area contributed by atoms with E-state index in [1.807, 2.05) is 65.0 Å². The lowest BCUT2D eigenvalue weighted by Gasteiger charge is -2.69. The van der Waals surface area contributed by atoms with Crippen LogP contribution in [0.5, 0.6) is 0 Å². The molecule has 100 heavy (non-hydrogen) atoms. The van der Waals surface area contributed by atoms with Crippen LogP contribution >= 0.6 is 11.3 Å². The summed E-state index contributed by atoms with van der Waals surface area (Å²) in [5.41, 5.74) is 5.58. The largest absolute Gasteiger partial charge is 0.476 e. The number of aromatic nitrogens is 4. The molecule has 6 N–H and O–H groups in total. The number of ether oxygens (including phenoxy) is 2. The number of carboxylic acids is 1. The van der Waals surface area contributed by atoms with Gasteiger partial charge >= 0.3 is 12.1 Å². The zero-order chi connectivity index (χ0) is 71.5. The molecule has 12 rings (SSSR count). The first-order valence-corrected chi connectivity index (χ1v) is 36.5. The Morgan fingerprint density at radius 1 is 0.790 bits per heavy atom. The monoisotopic (exact) mass is 1410 g/mol. The third-order valence-corrected chi connectivity index (χ3v) is 21.9. The number of thiazole rings is 1. The number of Topliss-reactive ketones (excluding diaryl/α,β-unsaturated/α-hetero) is 2. The number of fused-ring (bicyclic) bond motifs is 2. The summed E-state index contributed by atoms with van der Waals surface area (Å²) in [6, 6.07) is 22.5. The van der Waals surface area contributed by atoms with E-state index in [1.54, 1.807) is 57.3 Å². The molecule has 2 aliphatic heterocycles. The fraction of sp³-hybridized carbons (Fsp3) is 0.479. The number of benzene rings is 3. The number of anilines is 3. The minimum atomic E-state index is -4.72. The van der Waals surface area contributed by atoms with E-state index in [2.05, 4.69) is 40.1 Å². The number of carbonyl (C=O) groups is 9. The van der Waals surface area contributed by atoms with Crippen molar-refractivity contribution in [2.45, 2.75) is 156 Å². The number of hydrogen-bond acceptors (Lipinski definition) is 18. The third-order valence-electron chi connectivity index (χ3n) is 20.1. The minimum absolute atomic E-state index is 0.00151. The van der Waals surface area contributed by atoms with Gasteiger partial charge in [0.15, 0.2) is 16.6 Å². The summed E-state index contributed by atoms with van der Waals surface area (Å²) in [4.78, 5) is 129. The molecule has 0 saturated heterocycles. The number of carbonyl (C=O) groups excluding carboxylic acids is 8. The van der Waals surface area contributed by atoms with Crippen LogP contribution in [0.25, 0.3) is 21.3 Å². The van der Waals surface area contributed by atoms with Crippen molar-refractivity contribution in [3.05, 3.63) is 131 Å². The topological polar surface area (TPSA) is 345 Å². The number of alkyl carbamates (subject to hydrolysis) is 1. The van der Waals surface area contributed by atoms with Crippen LogP contribution in [0.4, 0.5) is 21.4 Å². The maximum absolute atomic E-state index is 13.8. The van der Waals surface area contributed by atoms with Gasteiger partial charge in [0, 0.05) is 98.1 Å². The molecule has 27 heteroatoms. The lowest BCUT2D eigenvalue weighted by molar-refractivity contribution is -0.247. The van der Waals surface area contributed by atoms with Gasteiger partial charge in [-0.3, -0.25) is 53.0 Å². The van der Waals surface area contributed by atoms with Gasteiger partial charge in [0.05, 0.1) is 46.3 Å². The fourth-order valence-corrected chi connectivity index (χ4v) is 18.3. The van der Waals surface area contributed by atoms with Crippen molar-refractivity contribution in [3.63, 3.8) is 0 Å². The van der Waals surface area contributed by atoms with E-state index in [9.17, 15) is 61.2 Å². The second-order valence-corrected chi connectivity index (χ2v) is 31.6. The molecular weight excluding hydrogens is 1320 g/mol. The Bertz CT molecular complexity index is 4270. The Kier molecular flexibility index (Phi) is 21.4. The number of carboxylic acid groups (broad SMARTS) is 1. The smallest absolute Gasteiger partial charge is 0.407 e. The van der Waals surface area contributed by atoms with Crippen LogP contribution in [-0.4, -0.2) is 140 Å². The Morgan fingerprint density at radius 3 is 2.22 bits per heavy atom. The molecule has 0 spiro atoms. The lowest BCUT2D eigenvalue weighted by atomic mass is 9.39. The van der Waals surface area contributed by atoms with E-state index in [4.69, 9.17) is 19.6 Å². The molecule has 3 aromatic carbocycles. The molecule has 4 saturated carbocycles. The number of aromatic carboxylic acids is 1. The van der Waals surface area contributed by atoms with Crippen LogP contribution in [0.1, 0.15) is 155 Å². The van der Waals surface area contributed by atoms with Crippen molar-refractivity contribution in [2.75, 3.05) is 47.5 Å². The summed E-state index contributed by atoms with van der Waals surface area (Å²) in [7, 11) is -4.72. The summed E-state index contributed by atoms with van der Waals surface area (Å²) in [5, 5.41) is 27.3. The molecule has 6 amide bonds. The predicted molar refractivity (Wildman–Crippen MR) is 374 cm³/mol. The Balaban J connectivity index is 0.633. The van der Waals surface area contributed by atoms with E-state index in [-0.39, 0.29) is 67.0 Å².